The topological polar surface area (TPSA) is 46.2 Å². The molecule has 2 unspecified atom stereocenters. The van der Waals surface area contributed by atoms with Crippen molar-refractivity contribution in [2.45, 2.75) is 200 Å². The lowest BCUT2D eigenvalue weighted by Gasteiger charge is -2.50. The van der Waals surface area contributed by atoms with Crippen molar-refractivity contribution in [3.05, 3.63) is 59.7 Å². The van der Waals surface area contributed by atoms with Gasteiger partial charge in [0.15, 0.2) is 41.6 Å². The van der Waals surface area contributed by atoms with Crippen LogP contribution < -0.4 is 10.4 Å². The first-order valence-corrected chi connectivity index (χ1v) is 44.3. The fraction of sp³-hybridized carbons (Fsp3) is 0.721. The van der Waals surface area contributed by atoms with Crippen LogP contribution in [0.1, 0.15) is 72.4 Å². The lowest BCUT2D eigenvalue weighted by molar-refractivity contribution is 0.158. The molecule has 2 atom stereocenters. The Morgan fingerprint density at radius 1 is 0.518 bits per heavy atom. The van der Waals surface area contributed by atoms with E-state index in [2.05, 4.69) is 195 Å². The van der Waals surface area contributed by atoms with Gasteiger partial charge >= 0.3 is 8.80 Å². The fourth-order valence-corrected chi connectivity index (χ4v) is 31.4. The molecule has 0 aromatic heterocycles. The Balaban J connectivity index is 2.19. The number of aryl methyl sites for hydroxylation is 2. The Morgan fingerprint density at radius 2 is 0.929 bits per heavy atom. The number of hydrogen-bond donors (Lipinski definition) is 0. The molecule has 322 valence electrons. The Hall–Kier alpha value is -0.0249. The standard InChI is InChI=1S/C43H88O5Si8/c1-23-41(3,4)55(22,44-42(5,6)50(8,9)10)36-34-37-25-29-39(30-26-37)49-43(7,24-2)45-54(20,21)35-33-38-27-31-40(32-28-38)56(46-51(11,12)13,47-52(14,15)16)48-53(17,18)19/h25-32H,23-24,33-36,49H2,1-22H3. The molecule has 0 fully saturated rings. The molecule has 0 amide bonds. The van der Waals surface area contributed by atoms with Crippen molar-refractivity contribution < 1.29 is 21.2 Å². The van der Waals surface area contributed by atoms with Gasteiger partial charge in [0.1, 0.15) is 0 Å². The van der Waals surface area contributed by atoms with Crippen LogP contribution in [-0.4, -0.2) is 78.4 Å². The van der Waals surface area contributed by atoms with E-state index in [4.69, 9.17) is 21.2 Å². The van der Waals surface area contributed by atoms with Crippen molar-refractivity contribution in [2.24, 2.45) is 0 Å². The SMILES string of the molecule is CCC(C)(O[Si](C)(C)CCc1ccc([Si](O[Si](C)(C)C)(O[Si](C)(C)C)O[Si](C)(C)C)cc1)[SiH2]c1ccc(CC[Si](C)(OC(C)(C)[Si](C)(C)C)C(C)(C)CC)cc1. The van der Waals surface area contributed by atoms with E-state index in [1.807, 2.05) is 0 Å². The van der Waals surface area contributed by atoms with Gasteiger partial charge in [0.05, 0.1) is 17.6 Å². The highest BCUT2D eigenvalue weighted by Gasteiger charge is 2.52. The molecule has 0 spiro atoms. The van der Waals surface area contributed by atoms with Crippen molar-refractivity contribution in [3.63, 3.8) is 0 Å². The van der Waals surface area contributed by atoms with Gasteiger partial charge in [-0.3, -0.25) is 0 Å². The average molecular weight is 910 g/mol. The van der Waals surface area contributed by atoms with Crippen molar-refractivity contribution in [1.82, 2.24) is 0 Å². The summed E-state index contributed by atoms with van der Waals surface area (Å²) in [4.78, 5) is 0. The van der Waals surface area contributed by atoms with Crippen LogP contribution in [-0.2, 0) is 34.0 Å². The van der Waals surface area contributed by atoms with Crippen LogP contribution in [0.15, 0.2) is 48.5 Å². The first kappa shape index (κ1) is 52.1. The van der Waals surface area contributed by atoms with Crippen molar-refractivity contribution in [2.75, 3.05) is 0 Å². The highest BCUT2D eigenvalue weighted by molar-refractivity contribution is 6.95. The molecular formula is C43H88O5Si8. The number of hydrogen-bond acceptors (Lipinski definition) is 5. The van der Waals surface area contributed by atoms with E-state index >= 15 is 0 Å². The second kappa shape index (κ2) is 18.9. The first-order valence-electron chi connectivity index (χ1n) is 21.7. The van der Waals surface area contributed by atoms with Crippen molar-refractivity contribution in [1.29, 1.82) is 0 Å². The van der Waals surface area contributed by atoms with Gasteiger partial charge in [0, 0.05) is 15.6 Å². The van der Waals surface area contributed by atoms with Crippen LogP contribution in [0, 0.1) is 0 Å². The number of benzene rings is 2. The molecule has 56 heavy (non-hydrogen) atoms. The Kier molecular flexibility index (Phi) is 17.6. The van der Waals surface area contributed by atoms with E-state index in [0.717, 1.165) is 43.0 Å². The third kappa shape index (κ3) is 16.1. The monoisotopic (exact) mass is 908 g/mol. The molecular weight excluding hydrogens is 821 g/mol. The van der Waals surface area contributed by atoms with Gasteiger partial charge in [-0.1, -0.05) is 107 Å². The molecule has 0 radical (unpaired) electrons. The molecule has 13 heteroatoms. The van der Waals surface area contributed by atoms with Gasteiger partial charge in [-0.2, -0.15) is 0 Å². The van der Waals surface area contributed by atoms with Gasteiger partial charge < -0.3 is 21.2 Å². The summed E-state index contributed by atoms with van der Waals surface area (Å²) in [5, 5.41) is 2.73. The zero-order valence-corrected chi connectivity index (χ0v) is 49.0. The van der Waals surface area contributed by atoms with Crippen LogP contribution in [0.25, 0.3) is 0 Å². The molecule has 0 aliphatic heterocycles. The third-order valence-corrected chi connectivity index (χ3v) is 38.0. The summed E-state index contributed by atoms with van der Waals surface area (Å²) < 4.78 is 35.6. The summed E-state index contributed by atoms with van der Waals surface area (Å²) in [6, 6.07) is 21.0. The minimum atomic E-state index is -3.10. The summed E-state index contributed by atoms with van der Waals surface area (Å²) >= 11 is 0. The fourth-order valence-electron chi connectivity index (χ4n) is 6.98. The van der Waals surface area contributed by atoms with Gasteiger partial charge in [-0.05, 0) is 147 Å². The molecule has 2 aromatic rings. The van der Waals surface area contributed by atoms with E-state index in [0.29, 0.717) is 0 Å². The molecule has 0 aliphatic rings. The summed E-state index contributed by atoms with van der Waals surface area (Å²) in [5.74, 6) is 0. The maximum Gasteiger partial charge on any atom is 0.505 e. The lowest BCUT2D eigenvalue weighted by Crippen LogP contribution is -2.67. The predicted octanol–water partition coefficient (Wildman–Crippen LogP) is 11.8. The van der Waals surface area contributed by atoms with Crippen LogP contribution in [0.5, 0.6) is 0 Å². The summed E-state index contributed by atoms with van der Waals surface area (Å²) in [7, 11) is -15.2. The van der Waals surface area contributed by atoms with Crippen LogP contribution >= 0.6 is 0 Å². The maximum atomic E-state index is 7.32. The second-order valence-corrected chi connectivity index (χ2v) is 56.8. The first-order chi connectivity index (χ1) is 25.0. The predicted molar refractivity (Wildman–Crippen MR) is 268 cm³/mol. The van der Waals surface area contributed by atoms with Crippen molar-refractivity contribution >= 4 is 78.4 Å². The van der Waals surface area contributed by atoms with E-state index in [-0.39, 0.29) is 15.5 Å². The summed E-state index contributed by atoms with van der Waals surface area (Å²) in [6.45, 7) is 51.6. The lowest BCUT2D eigenvalue weighted by atomic mass is 10.1. The van der Waals surface area contributed by atoms with Gasteiger partial charge in [-0.15, -0.1) is 0 Å². The largest absolute Gasteiger partial charge is 0.505 e. The van der Waals surface area contributed by atoms with E-state index in [1.165, 1.54) is 16.3 Å². The average Bonchev–Trinajstić information content (AvgIpc) is 3.00. The molecule has 2 rings (SSSR count). The third-order valence-electron chi connectivity index (χ3n) is 12.0. The second-order valence-electron chi connectivity index (χ2n) is 22.9. The van der Waals surface area contributed by atoms with Gasteiger partial charge in [0.2, 0.25) is 0 Å². The van der Waals surface area contributed by atoms with Gasteiger partial charge in [0.25, 0.3) is 0 Å². The summed E-state index contributed by atoms with van der Waals surface area (Å²) in [5.41, 5.74) is 2.78. The zero-order valence-electron chi connectivity index (χ0n) is 40.6. The van der Waals surface area contributed by atoms with Gasteiger partial charge in [-0.25, -0.2) is 0 Å². The minimum absolute atomic E-state index is 0.0375. The van der Waals surface area contributed by atoms with E-state index < -0.39 is 68.0 Å². The Morgan fingerprint density at radius 3 is 1.30 bits per heavy atom. The number of rotatable bonds is 23. The molecule has 0 heterocycles. The van der Waals surface area contributed by atoms with Crippen LogP contribution in [0.2, 0.25) is 115 Å². The smallest absolute Gasteiger partial charge is 0.415 e. The Bertz CT molecular complexity index is 1480. The minimum Gasteiger partial charge on any atom is -0.415 e. The molecule has 0 aliphatic carbocycles. The highest BCUT2D eigenvalue weighted by Crippen LogP contribution is 2.47. The molecule has 2 aromatic carbocycles. The zero-order chi connectivity index (χ0) is 43.5. The van der Waals surface area contributed by atoms with Crippen LogP contribution in [0.3, 0.4) is 0 Å². The molecule has 0 bridgehead atoms. The highest BCUT2D eigenvalue weighted by atomic mass is 28.5. The molecule has 0 saturated heterocycles. The van der Waals surface area contributed by atoms with Crippen molar-refractivity contribution in [3.8, 4) is 0 Å². The summed E-state index contributed by atoms with van der Waals surface area (Å²) in [6.07, 6.45) is 4.30. The van der Waals surface area contributed by atoms with Crippen LogP contribution in [0.4, 0.5) is 0 Å². The Labute approximate surface area is 357 Å². The maximum absolute atomic E-state index is 7.32. The molecule has 0 saturated carbocycles. The normalized spacial score (nSPS) is 16.7. The molecule has 0 N–H and O–H groups in total. The quantitative estimate of drug-likeness (QED) is 0.104. The van der Waals surface area contributed by atoms with E-state index in [9.17, 15) is 0 Å². The molecule has 5 nitrogen and oxygen atoms in total. The van der Waals surface area contributed by atoms with E-state index in [1.54, 1.807) is 0 Å².